The van der Waals surface area contributed by atoms with Crippen molar-refractivity contribution in [1.29, 1.82) is 0 Å². The standard InChI is InChI=1S/C27H52S/c1-8-10-11-20-28(6,7)21-19-26(27(14-9-2)22-23(3)4)18-12-15-24(5)25-16-13-17-25/h1,23-27H,9-22H2,2-7H3. The summed E-state index contributed by atoms with van der Waals surface area (Å²) < 4.78 is 0. The number of rotatable bonds is 16. The first kappa shape index (κ1) is 25.9. The van der Waals surface area contributed by atoms with Gasteiger partial charge in [-0.05, 0) is 72.9 Å². The van der Waals surface area contributed by atoms with Gasteiger partial charge < -0.3 is 0 Å². The van der Waals surface area contributed by atoms with E-state index in [0.29, 0.717) is 0 Å². The largest absolute Gasteiger partial charge is 0.247 e. The number of hydrogen-bond acceptors (Lipinski definition) is 0. The van der Waals surface area contributed by atoms with Crippen LogP contribution in [0.1, 0.15) is 105 Å². The monoisotopic (exact) mass is 408 g/mol. The van der Waals surface area contributed by atoms with Gasteiger partial charge in [-0.25, -0.2) is 10.0 Å². The Bertz CT molecular complexity index is 426. The van der Waals surface area contributed by atoms with Crippen LogP contribution in [0.3, 0.4) is 0 Å². The smallest absolute Gasteiger partial charge is 0.00933 e. The van der Waals surface area contributed by atoms with Crippen LogP contribution in [0, 0.1) is 41.9 Å². The van der Waals surface area contributed by atoms with Crippen molar-refractivity contribution in [2.45, 2.75) is 105 Å². The molecule has 0 aromatic heterocycles. The zero-order valence-corrected chi connectivity index (χ0v) is 21.1. The minimum atomic E-state index is -0.471. The van der Waals surface area contributed by atoms with E-state index >= 15 is 0 Å². The van der Waals surface area contributed by atoms with Gasteiger partial charge in [0.2, 0.25) is 0 Å². The zero-order valence-electron chi connectivity index (χ0n) is 20.3. The summed E-state index contributed by atoms with van der Waals surface area (Å²) in [6, 6.07) is 0. The molecule has 1 heteroatoms. The molecule has 0 radical (unpaired) electrons. The van der Waals surface area contributed by atoms with Crippen molar-refractivity contribution in [3.8, 4) is 12.3 Å². The molecule has 1 aliphatic carbocycles. The highest BCUT2D eigenvalue weighted by Gasteiger charge is 2.26. The highest BCUT2D eigenvalue weighted by Crippen LogP contribution is 2.44. The molecule has 0 N–H and O–H groups in total. The molecule has 1 rings (SSSR count). The fraction of sp³-hybridized carbons (Fsp3) is 0.926. The van der Waals surface area contributed by atoms with Crippen LogP contribution in [0.5, 0.6) is 0 Å². The second-order valence-electron chi connectivity index (χ2n) is 10.8. The van der Waals surface area contributed by atoms with E-state index in [2.05, 4.69) is 46.1 Å². The molecule has 3 atom stereocenters. The summed E-state index contributed by atoms with van der Waals surface area (Å²) in [5.74, 6) is 10.4. The lowest BCUT2D eigenvalue weighted by molar-refractivity contribution is 0.192. The molecule has 3 unspecified atom stereocenters. The van der Waals surface area contributed by atoms with Crippen LogP contribution in [0.4, 0.5) is 0 Å². The second kappa shape index (κ2) is 14.0. The third-order valence-electron chi connectivity index (χ3n) is 7.35. The first-order valence-corrected chi connectivity index (χ1v) is 15.2. The minimum Gasteiger partial charge on any atom is -0.247 e. The summed E-state index contributed by atoms with van der Waals surface area (Å²) in [4.78, 5) is 0. The molecule has 0 aliphatic heterocycles. The molecule has 0 nitrogen and oxygen atoms in total. The molecule has 0 heterocycles. The molecular formula is C27H52S. The van der Waals surface area contributed by atoms with Gasteiger partial charge in [0.1, 0.15) is 0 Å². The first-order valence-electron chi connectivity index (χ1n) is 12.4. The summed E-state index contributed by atoms with van der Waals surface area (Å²) >= 11 is 0. The number of terminal acetylenes is 1. The maximum atomic E-state index is 5.47. The van der Waals surface area contributed by atoms with E-state index in [1.165, 1.54) is 82.1 Å². The van der Waals surface area contributed by atoms with E-state index < -0.39 is 10.0 Å². The van der Waals surface area contributed by atoms with Gasteiger partial charge in [-0.1, -0.05) is 79.1 Å². The fourth-order valence-electron chi connectivity index (χ4n) is 5.22. The van der Waals surface area contributed by atoms with E-state index in [1.54, 1.807) is 0 Å². The molecule has 0 saturated heterocycles. The highest BCUT2D eigenvalue weighted by molar-refractivity contribution is 8.32. The second-order valence-corrected chi connectivity index (χ2v) is 15.2. The summed E-state index contributed by atoms with van der Waals surface area (Å²) in [7, 11) is -0.471. The number of hydrogen-bond donors (Lipinski definition) is 0. The fourth-order valence-corrected chi connectivity index (χ4v) is 7.29. The SMILES string of the molecule is C#CCCCS(C)(C)CCC(CCCC(C)C1CCC1)C(CCC)CC(C)C. The average Bonchev–Trinajstić information content (AvgIpc) is 2.55. The van der Waals surface area contributed by atoms with Gasteiger partial charge in [0.05, 0.1) is 0 Å². The maximum Gasteiger partial charge on any atom is 0.00933 e. The molecule has 1 fully saturated rings. The number of unbranched alkanes of at least 4 members (excludes halogenated alkanes) is 1. The Hall–Kier alpha value is -0.0900. The molecule has 166 valence electrons. The van der Waals surface area contributed by atoms with Crippen molar-refractivity contribution in [3.63, 3.8) is 0 Å². The van der Waals surface area contributed by atoms with Gasteiger partial charge in [-0.3, -0.25) is 0 Å². The Labute approximate surface area is 180 Å². The minimum absolute atomic E-state index is 0.471. The van der Waals surface area contributed by atoms with Crippen molar-refractivity contribution in [2.24, 2.45) is 29.6 Å². The lowest BCUT2D eigenvalue weighted by atomic mass is 9.73. The summed E-state index contributed by atoms with van der Waals surface area (Å²) in [6.45, 7) is 9.76. The van der Waals surface area contributed by atoms with Crippen LogP contribution in [-0.2, 0) is 0 Å². The van der Waals surface area contributed by atoms with Crippen LogP contribution in [0.2, 0.25) is 0 Å². The van der Waals surface area contributed by atoms with Gasteiger partial charge in [0.15, 0.2) is 0 Å². The van der Waals surface area contributed by atoms with Gasteiger partial charge in [0, 0.05) is 6.42 Å². The van der Waals surface area contributed by atoms with Gasteiger partial charge >= 0.3 is 0 Å². The van der Waals surface area contributed by atoms with E-state index in [1.807, 2.05) is 0 Å². The Morgan fingerprint density at radius 2 is 1.64 bits per heavy atom. The van der Waals surface area contributed by atoms with Gasteiger partial charge in [0.25, 0.3) is 0 Å². The summed E-state index contributed by atoms with van der Waals surface area (Å²) in [6.07, 6.45) is 27.4. The van der Waals surface area contributed by atoms with Crippen LogP contribution in [0.15, 0.2) is 0 Å². The summed E-state index contributed by atoms with van der Waals surface area (Å²) in [5.41, 5.74) is 0. The van der Waals surface area contributed by atoms with Crippen molar-refractivity contribution >= 4 is 10.0 Å². The third kappa shape index (κ3) is 10.6. The van der Waals surface area contributed by atoms with Crippen LogP contribution < -0.4 is 0 Å². The van der Waals surface area contributed by atoms with E-state index in [4.69, 9.17) is 6.42 Å². The third-order valence-corrected chi connectivity index (χ3v) is 10.1. The Morgan fingerprint density at radius 1 is 0.929 bits per heavy atom. The Morgan fingerprint density at radius 3 is 2.18 bits per heavy atom. The van der Waals surface area contributed by atoms with Crippen molar-refractivity contribution < 1.29 is 0 Å². The normalized spacial score (nSPS) is 19.1. The van der Waals surface area contributed by atoms with Crippen molar-refractivity contribution in [1.82, 2.24) is 0 Å². The molecule has 0 spiro atoms. The topological polar surface area (TPSA) is 0 Å². The van der Waals surface area contributed by atoms with Gasteiger partial charge in [-0.15, -0.1) is 12.3 Å². The van der Waals surface area contributed by atoms with E-state index in [9.17, 15) is 0 Å². The summed E-state index contributed by atoms with van der Waals surface area (Å²) in [5, 5.41) is 0. The van der Waals surface area contributed by atoms with E-state index in [-0.39, 0.29) is 0 Å². The lowest BCUT2D eigenvalue weighted by Gasteiger charge is -2.36. The van der Waals surface area contributed by atoms with E-state index in [0.717, 1.165) is 36.0 Å². The van der Waals surface area contributed by atoms with Gasteiger partial charge in [-0.2, -0.15) is 0 Å². The Balaban J connectivity index is 2.60. The van der Waals surface area contributed by atoms with Crippen LogP contribution in [-0.4, -0.2) is 24.0 Å². The van der Waals surface area contributed by atoms with Crippen molar-refractivity contribution in [2.75, 3.05) is 24.0 Å². The quantitative estimate of drug-likeness (QED) is 0.177. The lowest BCUT2D eigenvalue weighted by Crippen LogP contribution is -2.22. The van der Waals surface area contributed by atoms with Crippen LogP contribution >= 0.6 is 10.0 Å². The molecule has 1 aliphatic rings. The molecule has 0 aromatic rings. The Kier molecular flexibility index (Phi) is 13.0. The predicted molar refractivity (Wildman–Crippen MR) is 134 cm³/mol. The zero-order chi connectivity index (χ0) is 21.0. The van der Waals surface area contributed by atoms with Crippen molar-refractivity contribution in [3.05, 3.63) is 0 Å². The van der Waals surface area contributed by atoms with Crippen LogP contribution in [0.25, 0.3) is 0 Å². The highest BCUT2D eigenvalue weighted by atomic mass is 32.3. The first-order chi connectivity index (χ1) is 13.3. The molecule has 0 amide bonds. The maximum absolute atomic E-state index is 5.47. The molecular weight excluding hydrogens is 356 g/mol. The molecule has 28 heavy (non-hydrogen) atoms. The predicted octanol–water partition coefficient (Wildman–Crippen LogP) is 8.54. The molecule has 0 aromatic carbocycles. The average molecular weight is 409 g/mol. The molecule has 0 bridgehead atoms. The molecule has 1 saturated carbocycles.